The van der Waals surface area contributed by atoms with Crippen molar-refractivity contribution in [2.75, 3.05) is 0 Å². The lowest BCUT2D eigenvalue weighted by Crippen LogP contribution is -2.21. The Morgan fingerprint density at radius 1 is 1.22 bits per heavy atom. The van der Waals surface area contributed by atoms with Gasteiger partial charge >= 0.3 is 0 Å². The van der Waals surface area contributed by atoms with Gasteiger partial charge in [0, 0.05) is 4.75 Å². The molecule has 0 aromatic rings. The van der Waals surface area contributed by atoms with Crippen molar-refractivity contribution in [3.05, 3.63) is 12.7 Å². The molecular weight excluding hydrogens is 128 g/mol. The van der Waals surface area contributed by atoms with E-state index in [2.05, 4.69) is 19.2 Å². The fourth-order valence-electron chi connectivity index (χ4n) is 1.37. The molecule has 0 heterocycles. The van der Waals surface area contributed by atoms with Crippen LogP contribution in [0.2, 0.25) is 0 Å². The Hall–Kier alpha value is 0.0900. The van der Waals surface area contributed by atoms with Crippen molar-refractivity contribution >= 4 is 12.6 Å². The molecule has 0 saturated heterocycles. The first-order chi connectivity index (χ1) is 4.27. The van der Waals surface area contributed by atoms with E-state index in [0.717, 1.165) is 0 Å². The molecule has 1 aliphatic carbocycles. The normalized spacial score (nSPS) is 25.4. The molecule has 1 aliphatic rings. The summed E-state index contributed by atoms with van der Waals surface area (Å²) in [6.07, 6.45) is 8.48. The Kier molecular flexibility index (Phi) is 2.23. The third-order valence-corrected chi connectivity index (χ3v) is 2.73. The molecule has 0 aromatic carbocycles. The maximum absolute atomic E-state index is 4.53. The molecule has 1 rings (SSSR count). The summed E-state index contributed by atoms with van der Waals surface area (Å²) < 4.78 is 0.179. The molecule has 1 fully saturated rings. The first kappa shape index (κ1) is 7.20. The highest BCUT2D eigenvalue weighted by Crippen LogP contribution is 2.34. The van der Waals surface area contributed by atoms with Gasteiger partial charge in [0.2, 0.25) is 0 Å². The Bertz CT molecular complexity index is 101. The molecule has 0 spiro atoms. The standard InChI is InChI=1S/C8H14S/c1-2-8(9)6-4-3-5-7-8/h2,9H,1,3-7H2. The number of thiol groups is 1. The molecule has 0 aromatic heterocycles. The van der Waals surface area contributed by atoms with Crippen LogP contribution in [0.1, 0.15) is 32.1 Å². The largest absolute Gasteiger partial charge is 0.168 e. The summed E-state index contributed by atoms with van der Waals surface area (Å²) in [7, 11) is 0. The Morgan fingerprint density at radius 2 is 1.78 bits per heavy atom. The van der Waals surface area contributed by atoms with Crippen molar-refractivity contribution < 1.29 is 0 Å². The van der Waals surface area contributed by atoms with Gasteiger partial charge in [-0.25, -0.2) is 0 Å². The van der Waals surface area contributed by atoms with E-state index in [4.69, 9.17) is 0 Å². The van der Waals surface area contributed by atoms with E-state index in [1.54, 1.807) is 0 Å². The van der Waals surface area contributed by atoms with E-state index >= 15 is 0 Å². The molecule has 0 radical (unpaired) electrons. The van der Waals surface area contributed by atoms with Crippen LogP contribution in [0.3, 0.4) is 0 Å². The average Bonchev–Trinajstić information content (AvgIpc) is 1.90. The molecule has 0 nitrogen and oxygen atoms in total. The zero-order valence-corrected chi connectivity index (χ0v) is 6.66. The summed E-state index contributed by atoms with van der Waals surface area (Å²) in [5.74, 6) is 0. The smallest absolute Gasteiger partial charge is 0.0306 e. The number of hydrogen-bond donors (Lipinski definition) is 1. The van der Waals surface area contributed by atoms with Crippen LogP contribution in [-0.4, -0.2) is 4.75 Å². The van der Waals surface area contributed by atoms with Gasteiger partial charge in [0.25, 0.3) is 0 Å². The third-order valence-electron chi connectivity index (χ3n) is 2.10. The van der Waals surface area contributed by atoms with Gasteiger partial charge in [-0.3, -0.25) is 0 Å². The average molecular weight is 142 g/mol. The number of rotatable bonds is 1. The Balaban J connectivity index is 2.46. The highest BCUT2D eigenvalue weighted by Gasteiger charge is 2.23. The molecule has 0 aliphatic heterocycles. The molecule has 0 N–H and O–H groups in total. The van der Waals surface area contributed by atoms with Crippen LogP contribution < -0.4 is 0 Å². The first-order valence-corrected chi connectivity index (χ1v) is 4.07. The monoisotopic (exact) mass is 142 g/mol. The molecule has 0 bridgehead atoms. The second-order valence-corrected chi connectivity index (χ2v) is 3.76. The van der Waals surface area contributed by atoms with Gasteiger partial charge in [0.15, 0.2) is 0 Å². The lowest BCUT2D eigenvalue weighted by molar-refractivity contribution is 0.455. The second-order valence-electron chi connectivity index (χ2n) is 2.87. The summed E-state index contributed by atoms with van der Waals surface area (Å²) in [4.78, 5) is 0. The zero-order valence-electron chi connectivity index (χ0n) is 5.77. The zero-order chi connectivity index (χ0) is 6.74. The van der Waals surface area contributed by atoms with E-state index in [1.165, 1.54) is 32.1 Å². The highest BCUT2D eigenvalue weighted by molar-refractivity contribution is 7.82. The summed E-state index contributed by atoms with van der Waals surface area (Å²) >= 11 is 4.53. The van der Waals surface area contributed by atoms with Gasteiger partial charge in [0.05, 0.1) is 0 Å². The molecule has 0 amide bonds. The molecular formula is C8H14S. The quantitative estimate of drug-likeness (QED) is 0.422. The van der Waals surface area contributed by atoms with E-state index in [0.29, 0.717) is 0 Å². The van der Waals surface area contributed by atoms with Gasteiger partial charge in [-0.15, -0.1) is 6.58 Å². The SMILES string of the molecule is C=CC1(S)CCCCC1. The van der Waals surface area contributed by atoms with Gasteiger partial charge in [-0.1, -0.05) is 25.3 Å². The van der Waals surface area contributed by atoms with Crippen LogP contribution in [0.5, 0.6) is 0 Å². The molecule has 52 valence electrons. The van der Waals surface area contributed by atoms with Crippen molar-refractivity contribution in [2.24, 2.45) is 0 Å². The molecule has 1 saturated carbocycles. The minimum absolute atomic E-state index is 0.179. The minimum atomic E-state index is 0.179. The predicted octanol–water partition coefficient (Wildman–Crippen LogP) is 2.81. The Morgan fingerprint density at radius 3 is 2.11 bits per heavy atom. The summed E-state index contributed by atoms with van der Waals surface area (Å²) in [6.45, 7) is 3.78. The maximum atomic E-state index is 4.53. The van der Waals surface area contributed by atoms with Gasteiger partial charge < -0.3 is 0 Å². The van der Waals surface area contributed by atoms with E-state index in [1.807, 2.05) is 6.08 Å². The minimum Gasteiger partial charge on any atom is -0.168 e. The van der Waals surface area contributed by atoms with E-state index < -0.39 is 0 Å². The van der Waals surface area contributed by atoms with Crippen molar-refractivity contribution in [2.45, 2.75) is 36.9 Å². The lowest BCUT2D eigenvalue weighted by atomic mass is 9.88. The van der Waals surface area contributed by atoms with Crippen LogP contribution in [0.15, 0.2) is 12.7 Å². The fourth-order valence-corrected chi connectivity index (χ4v) is 1.68. The van der Waals surface area contributed by atoms with Crippen molar-refractivity contribution in [1.82, 2.24) is 0 Å². The molecule has 0 unspecified atom stereocenters. The van der Waals surface area contributed by atoms with Gasteiger partial charge in [-0.2, -0.15) is 12.6 Å². The van der Waals surface area contributed by atoms with Crippen molar-refractivity contribution in [3.63, 3.8) is 0 Å². The van der Waals surface area contributed by atoms with E-state index in [9.17, 15) is 0 Å². The molecule has 9 heavy (non-hydrogen) atoms. The number of hydrogen-bond acceptors (Lipinski definition) is 1. The van der Waals surface area contributed by atoms with Gasteiger partial charge in [-0.05, 0) is 12.8 Å². The topological polar surface area (TPSA) is 0 Å². The summed E-state index contributed by atoms with van der Waals surface area (Å²) in [5, 5.41) is 0. The lowest BCUT2D eigenvalue weighted by Gasteiger charge is -2.28. The summed E-state index contributed by atoms with van der Waals surface area (Å²) in [5.41, 5.74) is 0. The van der Waals surface area contributed by atoms with Gasteiger partial charge in [0.1, 0.15) is 0 Å². The van der Waals surface area contributed by atoms with Crippen molar-refractivity contribution in [1.29, 1.82) is 0 Å². The maximum Gasteiger partial charge on any atom is 0.0306 e. The highest BCUT2D eigenvalue weighted by atomic mass is 32.1. The van der Waals surface area contributed by atoms with Crippen molar-refractivity contribution in [3.8, 4) is 0 Å². The van der Waals surface area contributed by atoms with Crippen LogP contribution in [0.4, 0.5) is 0 Å². The first-order valence-electron chi connectivity index (χ1n) is 3.63. The molecule has 1 heteroatoms. The molecule has 0 atom stereocenters. The predicted molar refractivity (Wildman–Crippen MR) is 45.0 cm³/mol. The third kappa shape index (κ3) is 1.75. The second kappa shape index (κ2) is 2.78. The van der Waals surface area contributed by atoms with Crippen LogP contribution in [-0.2, 0) is 0 Å². The van der Waals surface area contributed by atoms with Crippen LogP contribution in [0.25, 0.3) is 0 Å². The van der Waals surface area contributed by atoms with E-state index in [-0.39, 0.29) is 4.75 Å². The van der Waals surface area contributed by atoms with Crippen LogP contribution in [0, 0.1) is 0 Å². The fraction of sp³-hybridized carbons (Fsp3) is 0.750. The van der Waals surface area contributed by atoms with Crippen LogP contribution >= 0.6 is 12.6 Å². The Labute approximate surface area is 62.8 Å². The summed E-state index contributed by atoms with van der Waals surface area (Å²) in [6, 6.07) is 0.